The third-order valence-corrected chi connectivity index (χ3v) is 3.72. The van der Waals surface area contributed by atoms with Crippen molar-refractivity contribution < 1.29 is 9.52 Å². The molecule has 0 atom stereocenters. The van der Waals surface area contributed by atoms with Gasteiger partial charge in [-0.2, -0.15) is 0 Å². The van der Waals surface area contributed by atoms with Crippen LogP contribution in [-0.2, 0) is 19.7 Å². The molecule has 0 spiro atoms. The van der Waals surface area contributed by atoms with E-state index >= 15 is 0 Å². The largest absolute Gasteiger partial charge is 0.462 e. The maximum Gasteiger partial charge on any atom is 0.129 e. The van der Waals surface area contributed by atoms with Crippen LogP contribution >= 0.6 is 27.3 Å². The highest BCUT2D eigenvalue weighted by molar-refractivity contribution is 9.11. The van der Waals surface area contributed by atoms with E-state index in [4.69, 9.17) is 9.52 Å². The summed E-state index contributed by atoms with van der Waals surface area (Å²) < 4.78 is 6.50. The van der Waals surface area contributed by atoms with Crippen molar-refractivity contribution in [2.45, 2.75) is 19.7 Å². The van der Waals surface area contributed by atoms with Gasteiger partial charge in [0.2, 0.25) is 0 Å². The Labute approximate surface area is 106 Å². The van der Waals surface area contributed by atoms with E-state index in [-0.39, 0.29) is 6.61 Å². The van der Waals surface area contributed by atoms with E-state index in [1.165, 1.54) is 4.88 Å². The maximum absolute atomic E-state index is 8.84. The molecule has 0 aliphatic rings. The minimum Gasteiger partial charge on any atom is -0.462 e. The summed E-state index contributed by atoms with van der Waals surface area (Å²) in [7, 11) is 0. The number of furan rings is 1. The Hall–Kier alpha value is -0.620. The van der Waals surface area contributed by atoms with Crippen LogP contribution in [0.15, 0.2) is 32.5 Å². The van der Waals surface area contributed by atoms with Gasteiger partial charge in [-0.3, -0.25) is 0 Å². The Morgan fingerprint density at radius 1 is 1.19 bits per heavy atom. The fraction of sp³-hybridized carbons (Fsp3) is 0.273. The van der Waals surface area contributed by atoms with Gasteiger partial charge in [-0.1, -0.05) is 0 Å². The molecule has 0 unspecified atom stereocenters. The second kappa shape index (κ2) is 5.63. The molecule has 0 aromatic carbocycles. The van der Waals surface area contributed by atoms with Gasteiger partial charge in [0.25, 0.3) is 0 Å². The molecule has 0 bridgehead atoms. The molecule has 86 valence electrons. The number of hydrogen-bond acceptors (Lipinski definition) is 4. The topological polar surface area (TPSA) is 45.4 Å². The predicted molar refractivity (Wildman–Crippen MR) is 67.2 cm³/mol. The summed E-state index contributed by atoms with van der Waals surface area (Å²) >= 11 is 5.14. The van der Waals surface area contributed by atoms with E-state index in [1.54, 1.807) is 17.4 Å². The summed E-state index contributed by atoms with van der Waals surface area (Å²) in [5.41, 5.74) is 0. The van der Waals surface area contributed by atoms with Crippen LogP contribution in [0.3, 0.4) is 0 Å². The highest BCUT2D eigenvalue weighted by Crippen LogP contribution is 2.21. The summed E-state index contributed by atoms with van der Waals surface area (Å²) in [6, 6.07) is 7.79. The quantitative estimate of drug-likeness (QED) is 0.892. The van der Waals surface area contributed by atoms with Gasteiger partial charge >= 0.3 is 0 Å². The zero-order valence-electron chi connectivity index (χ0n) is 8.57. The highest BCUT2D eigenvalue weighted by Gasteiger charge is 2.01. The van der Waals surface area contributed by atoms with E-state index < -0.39 is 0 Å². The molecule has 0 aliphatic carbocycles. The third-order valence-electron chi connectivity index (χ3n) is 2.10. The second-order valence-corrected chi connectivity index (χ2v) is 5.88. The van der Waals surface area contributed by atoms with Gasteiger partial charge in [-0.05, 0) is 40.2 Å². The zero-order valence-corrected chi connectivity index (χ0v) is 11.0. The minimum atomic E-state index is -0.0438. The average Bonchev–Trinajstić information content (AvgIpc) is 2.88. The number of rotatable bonds is 5. The lowest BCUT2D eigenvalue weighted by atomic mass is 10.4. The number of aliphatic hydroxyl groups excluding tert-OH is 1. The first-order valence-corrected chi connectivity index (χ1v) is 6.52. The molecular weight excluding hydrogens is 290 g/mol. The number of thiophene rings is 1. The zero-order chi connectivity index (χ0) is 11.4. The first kappa shape index (κ1) is 11.9. The van der Waals surface area contributed by atoms with Crippen LogP contribution in [0.1, 0.15) is 16.4 Å². The Balaban J connectivity index is 1.79. The SMILES string of the molecule is OCc1ccc(CNCc2ccc(Br)s2)o1. The van der Waals surface area contributed by atoms with Crippen LogP contribution in [0.5, 0.6) is 0 Å². The van der Waals surface area contributed by atoms with Crippen LogP contribution in [0, 0.1) is 0 Å². The molecule has 16 heavy (non-hydrogen) atoms. The highest BCUT2D eigenvalue weighted by atomic mass is 79.9. The molecule has 0 fully saturated rings. The third kappa shape index (κ3) is 3.18. The van der Waals surface area contributed by atoms with Gasteiger partial charge in [0.15, 0.2) is 0 Å². The Morgan fingerprint density at radius 2 is 2.00 bits per heavy atom. The summed E-state index contributed by atoms with van der Waals surface area (Å²) in [6.45, 7) is 1.46. The van der Waals surface area contributed by atoms with Crippen molar-refractivity contribution in [3.8, 4) is 0 Å². The fourth-order valence-electron chi connectivity index (χ4n) is 1.36. The monoisotopic (exact) mass is 301 g/mol. The summed E-state index contributed by atoms with van der Waals surface area (Å²) in [5, 5.41) is 12.1. The van der Waals surface area contributed by atoms with E-state index in [0.29, 0.717) is 12.3 Å². The van der Waals surface area contributed by atoms with Crippen molar-refractivity contribution in [1.82, 2.24) is 5.32 Å². The van der Waals surface area contributed by atoms with Crippen molar-refractivity contribution in [3.05, 3.63) is 44.4 Å². The van der Waals surface area contributed by atoms with Crippen molar-refractivity contribution in [2.75, 3.05) is 0 Å². The van der Waals surface area contributed by atoms with E-state index in [0.717, 1.165) is 16.1 Å². The number of nitrogens with one attached hydrogen (secondary N) is 1. The molecule has 3 nitrogen and oxygen atoms in total. The Kier molecular flexibility index (Phi) is 4.17. The molecule has 0 radical (unpaired) electrons. The van der Waals surface area contributed by atoms with Crippen molar-refractivity contribution in [2.24, 2.45) is 0 Å². The molecular formula is C11H12BrNO2S. The molecule has 2 aromatic heterocycles. The van der Waals surface area contributed by atoms with Gasteiger partial charge in [-0.25, -0.2) is 0 Å². The van der Waals surface area contributed by atoms with Crippen LogP contribution < -0.4 is 5.32 Å². The molecule has 0 aliphatic heterocycles. The first-order chi connectivity index (χ1) is 7.78. The molecule has 2 N–H and O–H groups in total. The summed E-state index contributed by atoms with van der Waals surface area (Å²) in [6.07, 6.45) is 0. The maximum atomic E-state index is 8.84. The molecule has 0 amide bonds. The van der Waals surface area contributed by atoms with E-state index in [1.807, 2.05) is 12.1 Å². The molecule has 2 rings (SSSR count). The van der Waals surface area contributed by atoms with Crippen molar-refractivity contribution >= 4 is 27.3 Å². The molecule has 2 heterocycles. The Morgan fingerprint density at radius 3 is 2.62 bits per heavy atom. The normalized spacial score (nSPS) is 10.9. The lowest BCUT2D eigenvalue weighted by Gasteiger charge is -1.99. The molecule has 0 saturated heterocycles. The van der Waals surface area contributed by atoms with Gasteiger partial charge < -0.3 is 14.8 Å². The summed E-state index contributed by atoms with van der Waals surface area (Å²) in [4.78, 5) is 1.28. The van der Waals surface area contributed by atoms with E-state index in [2.05, 4.69) is 27.3 Å². The minimum absolute atomic E-state index is 0.0438. The lowest BCUT2D eigenvalue weighted by Crippen LogP contribution is -2.10. The van der Waals surface area contributed by atoms with Gasteiger partial charge in [0.1, 0.15) is 18.1 Å². The van der Waals surface area contributed by atoms with Crippen molar-refractivity contribution in [3.63, 3.8) is 0 Å². The smallest absolute Gasteiger partial charge is 0.129 e. The van der Waals surface area contributed by atoms with Gasteiger partial charge in [0, 0.05) is 11.4 Å². The average molecular weight is 302 g/mol. The standard InChI is InChI=1S/C11H12BrNO2S/c12-11-4-3-10(16-11)6-13-5-8-1-2-9(7-14)15-8/h1-4,13-14H,5-7H2. The number of hydrogen-bond donors (Lipinski definition) is 2. The second-order valence-electron chi connectivity index (χ2n) is 3.34. The predicted octanol–water partition coefficient (Wildman–Crippen LogP) is 2.89. The lowest BCUT2D eigenvalue weighted by molar-refractivity contribution is 0.242. The fourth-order valence-corrected chi connectivity index (χ4v) is 2.81. The van der Waals surface area contributed by atoms with Crippen LogP contribution in [0.25, 0.3) is 0 Å². The molecule has 5 heteroatoms. The van der Waals surface area contributed by atoms with Gasteiger partial charge in [-0.15, -0.1) is 11.3 Å². The number of halogens is 1. The van der Waals surface area contributed by atoms with E-state index in [9.17, 15) is 0 Å². The van der Waals surface area contributed by atoms with Gasteiger partial charge in [0.05, 0.1) is 10.3 Å². The van der Waals surface area contributed by atoms with Crippen LogP contribution in [0.2, 0.25) is 0 Å². The molecule has 2 aromatic rings. The summed E-state index contributed by atoms with van der Waals surface area (Å²) in [5.74, 6) is 1.45. The van der Waals surface area contributed by atoms with Crippen molar-refractivity contribution in [1.29, 1.82) is 0 Å². The molecule has 0 saturated carbocycles. The number of aliphatic hydroxyl groups is 1. The Bertz CT molecular complexity index is 452. The first-order valence-electron chi connectivity index (χ1n) is 4.91. The van der Waals surface area contributed by atoms with Crippen LogP contribution in [-0.4, -0.2) is 5.11 Å². The van der Waals surface area contributed by atoms with Crippen LogP contribution in [0.4, 0.5) is 0 Å².